The summed E-state index contributed by atoms with van der Waals surface area (Å²) in [6, 6.07) is 20.8. The van der Waals surface area contributed by atoms with E-state index in [1.54, 1.807) is 61.0 Å². The Balaban J connectivity index is 0.701. The fourth-order valence-corrected chi connectivity index (χ4v) is 16.2. The minimum atomic E-state index is -3.26. The van der Waals surface area contributed by atoms with Gasteiger partial charge in [-0.3, -0.25) is 19.2 Å². The van der Waals surface area contributed by atoms with E-state index in [1.165, 1.54) is 50.0 Å². The molecular weight excluding hydrogens is 1230 g/mol. The Hall–Kier alpha value is -7.85. The van der Waals surface area contributed by atoms with Crippen LogP contribution in [0.15, 0.2) is 125 Å². The zero-order chi connectivity index (χ0) is 68.6. The number of nitrogens with zero attached hydrogens (tertiary/aromatic N) is 3. The van der Waals surface area contributed by atoms with Crippen LogP contribution in [0.1, 0.15) is 168 Å². The number of Topliss-reactive ketones (excluding diaryl/α,β-unsaturated/α-hetero) is 1. The lowest BCUT2D eigenvalue weighted by Crippen LogP contribution is -2.47. The van der Waals surface area contributed by atoms with Crippen molar-refractivity contribution in [3.8, 4) is 11.5 Å². The van der Waals surface area contributed by atoms with Gasteiger partial charge in [-0.05, 0) is 203 Å². The van der Waals surface area contributed by atoms with E-state index in [1.807, 2.05) is 25.1 Å². The van der Waals surface area contributed by atoms with Gasteiger partial charge in [-0.1, -0.05) is 87.0 Å². The Kier molecular flexibility index (Phi) is 23.0. The van der Waals surface area contributed by atoms with Gasteiger partial charge < -0.3 is 56.0 Å². The number of halogens is 2. The predicted octanol–water partition coefficient (Wildman–Crippen LogP) is 10.6. The number of rotatable bonds is 18. The number of aliphatic hydroxyl groups excluding tert-OH is 2. The summed E-state index contributed by atoms with van der Waals surface area (Å²) in [4.78, 5) is 66.8. The number of hydrogen-bond donors (Lipinski definition) is 7. The van der Waals surface area contributed by atoms with Crippen molar-refractivity contribution in [3.63, 3.8) is 0 Å². The smallest absolute Gasteiger partial charge is 0.405 e. The van der Waals surface area contributed by atoms with Crippen LogP contribution in [0.25, 0.3) is 0 Å². The molecule has 1 unspecified atom stereocenters. The van der Waals surface area contributed by atoms with E-state index in [9.17, 15) is 39.3 Å². The zero-order valence-corrected chi connectivity index (χ0v) is 56.3. The van der Waals surface area contributed by atoms with Crippen molar-refractivity contribution in [2.24, 2.45) is 40.7 Å². The Bertz CT molecular complexity index is 3640. The molecule has 1 aliphatic heterocycles. The lowest BCUT2D eigenvalue weighted by atomic mass is 9.51. The van der Waals surface area contributed by atoms with E-state index < -0.39 is 65.7 Å². The van der Waals surface area contributed by atoms with Crippen LogP contribution in [0.3, 0.4) is 0 Å². The Morgan fingerprint density at radius 3 is 2.41 bits per heavy atom. The van der Waals surface area contributed by atoms with E-state index in [-0.39, 0.29) is 95.8 Å². The van der Waals surface area contributed by atoms with E-state index in [4.69, 9.17) is 24.7 Å². The standard InChI is InChI=1S/C75H95F2N7O12/c1-43-36-56-66(61(86)41-59(68(56)89)81-71(90)44(2)14-13-17-62(93-6)69(96-73(78)92)46(4)38-45(3)67(88)63(37-43)94-7)79-32-11-8-12-33-80-72(91)49-20-18-47(19-21-49)39-51-15-9-10-16-60-70(75(51,76)77)82-83-84(60)34-35-95-53-26-22-48(23-27-53)57-42-74(5)58(30-31-64(74)87)55-28-24-50-40-52(85)25-29-54(50)65(55)57/h13-14,17-23,25-27,29,38,40-41,43,45,51,55,57-58,62-65,67,69,79,85,87-88H,8-12,15-16,24,28,30-37,39,42H2,1-7H3,(H2,78,92)(H,80,91)(H,81,90)/b17-13-,44-14+,46-38+/t43-,45+,51?,55+,57-,58+,62-,63-,64+,65-,67-,69-,74+/m1/s1. The number of methoxy groups -OCH3 is 2. The fourth-order valence-electron chi connectivity index (χ4n) is 16.2. The lowest BCUT2D eigenvalue weighted by Gasteiger charge is -2.54. The number of hydrogen-bond acceptors (Lipinski definition) is 15. The number of ketones is 2. The molecule has 2 saturated carbocycles. The van der Waals surface area contributed by atoms with Gasteiger partial charge in [0.25, 0.3) is 17.7 Å². The number of ether oxygens (including phenoxy) is 4. The van der Waals surface area contributed by atoms with E-state index in [2.05, 4.69) is 51.4 Å². The lowest BCUT2D eigenvalue weighted by molar-refractivity contribution is -0.120. The number of primary amides is 1. The number of alkyl halides is 2. The largest absolute Gasteiger partial charge is 0.508 e. The number of aliphatic hydroxyl groups is 2. The second-order valence-corrected chi connectivity index (χ2v) is 27.8. The summed E-state index contributed by atoms with van der Waals surface area (Å²) in [6.45, 7) is 10.3. The number of phenols is 1. The summed E-state index contributed by atoms with van der Waals surface area (Å²) in [7, 11) is 2.90. The van der Waals surface area contributed by atoms with Gasteiger partial charge in [0.1, 0.15) is 24.2 Å². The second kappa shape index (κ2) is 31.1. The van der Waals surface area contributed by atoms with Crippen molar-refractivity contribution in [2.75, 3.05) is 33.9 Å². The van der Waals surface area contributed by atoms with Crippen molar-refractivity contribution < 1.29 is 67.0 Å². The van der Waals surface area contributed by atoms with Crippen molar-refractivity contribution in [2.45, 2.75) is 186 Å². The summed E-state index contributed by atoms with van der Waals surface area (Å²) in [5.41, 5.74) is 11.0. The number of aromatic nitrogens is 3. The Morgan fingerprint density at radius 1 is 0.906 bits per heavy atom. The number of amides is 3. The number of fused-ring (bicyclic) bond motifs is 8. The highest BCUT2D eigenvalue weighted by Gasteiger charge is 2.58. The quantitative estimate of drug-likeness (QED) is 0.0277. The summed E-state index contributed by atoms with van der Waals surface area (Å²) in [5, 5.41) is 50.4. The highest BCUT2D eigenvalue weighted by molar-refractivity contribution is 6.23. The first-order valence-corrected chi connectivity index (χ1v) is 34.2. The first kappa shape index (κ1) is 70.9. The van der Waals surface area contributed by atoms with Crippen LogP contribution >= 0.6 is 0 Å². The van der Waals surface area contributed by atoms with Crippen LogP contribution in [0.5, 0.6) is 11.5 Å². The summed E-state index contributed by atoms with van der Waals surface area (Å²) >= 11 is 0. The van der Waals surface area contributed by atoms with Gasteiger partial charge >= 0.3 is 6.09 Å². The third-order valence-electron chi connectivity index (χ3n) is 21.4. The summed E-state index contributed by atoms with van der Waals surface area (Å²) in [6.07, 6.45) is 11.6. The van der Waals surface area contributed by atoms with Gasteiger partial charge in [-0.2, -0.15) is 8.78 Å². The van der Waals surface area contributed by atoms with Gasteiger partial charge in [0.2, 0.25) is 11.6 Å². The molecule has 3 aromatic carbocycles. The highest BCUT2D eigenvalue weighted by Crippen LogP contribution is 2.65. The van der Waals surface area contributed by atoms with Crippen molar-refractivity contribution in [3.05, 3.63) is 164 Å². The number of nitrogens with one attached hydrogen (secondary N) is 3. The normalized spacial score (nSPS) is 30.1. The molecule has 5 aliphatic carbocycles. The van der Waals surface area contributed by atoms with E-state index in [0.717, 1.165) is 38.2 Å². The average molecular weight is 1320 g/mol. The summed E-state index contributed by atoms with van der Waals surface area (Å²) < 4.78 is 58.1. The first-order chi connectivity index (χ1) is 46.0. The molecule has 4 aromatic rings. The van der Waals surface area contributed by atoms with Gasteiger partial charge in [-0.25, -0.2) is 9.48 Å². The molecule has 2 bridgehead atoms. The number of aryl methyl sites for hydroxylation is 1. The van der Waals surface area contributed by atoms with Gasteiger partial charge in [0, 0.05) is 61.9 Å². The second-order valence-electron chi connectivity index (χ2n) is 27.8. The van der Waals surface area contributed by atoms with E-state index in [0.29, 0.717) is 104 Å². The number of benzene rings is 3. The van der Waals surface area contributed by atoms with Gasteiger partial charge in [0.15, 0.2) is 11.8 Å². The maximum Gasteiger partial charge on any atom is 0.405 e. The maximum absolute atomic E-state index is 16.7. The molecule has 19 nitrogen and oxygen atoms in total. The SMILES string of the molecule is CO[C@@H]1/C=C\C=C(/C)C(=O)NC2=CC(=O)C(NCCCCCNC(=O)c3ccc(CC4CCCCc5c(nnn5CCOc5ccc([C@H]6C[C@]7(C)[C@@H](O)CC[C@H]7[C@@H]7CCc8cc(O)ccc8[C@H]76)cc5)C4(F)F)cc3)=C(C[C@@H](C)C[C@@H](OC)[C@H](O)[C@@H](C)/C=C(\C)[C@H]1OC(N)=O)C2=O. The molecule has 10 rings (SSSR count). The van der Waals surface area contributed by atoms with Crippen LogP contribution in [0.4, 0.5) is 13.6 Å². The van der Waals surface area contributed by atoms with Crippen LogP contribution in [0, 0.1) is 35.0 Å². The molecular formula is C75H95F2N7O12. The summed E-state index contributed by atoms with van der Waals surface area (Å²) in [5.74, 6) is -4.75. The molecule has 0 radical (unpaired) electrons. The zero-order valence-electron chi connectivity index (χ0n) is 56.3. The topological polar surface area (TPSA) is 276 Å². The number of unbranched alkanes of at least 4 members (excludes halogenated alkanes) is 2. The highest BCUT2D eigenvalue weighted by atomic mass is 19.3. The predicted molar refractivity (Wildman–Crippen MR) is 358 cm³/mol. The third kappa shape index (κ3) is 15.9. The van der Waals surface area contributed by atoms with Crippen molar-refractivity contribution in [1.82, 2.24) is 30.9 Å². The average Bonchev–Trinajstić information content (AvgIpc) is 1.38. The first-order valence-electron chi connectivity index (χ1n) is 34.2. The fraction of sp³-hybridized carbons (Fsp3) is 0.533. The molecule has 2 fully saturated rings. The molecule has 13 atom stereocenters. The minimum absolute atomic E-state index is 0.0825. The number of phenolic OH excluding ortho intramolecular Hbond substituents is 1. The third-order valence-corrected chi connectivity index (χ3v) is 21.4. The van der Waals surface area contributed by atoms with Crippen LogP contribution < -0.4 is 26.4 Å². The minimum Gasteiger partial charge on any atom is -0.508 e. The number of aromatic hydroxyl groups is 1. The maximum atomic E-state index is 16.7. The molecule has 21 heteroatoms. The molecule has 0 saturated heterocycles. The molecule has 1 aromatic heterocycles. The Morgan fingerprint density at radius 2 is 1.67 bits per heavy atom. The molecule has 0 spiro atoms. The Labute approximate surface area is 561 Å². The van der Waals surface area contributed by atoms with Crippen molar-refractivity contribution >= 4 is 29.5 Å². The van der Waals surface area contributed by atoms with Gasteiger partial charge in [0.05, 0.1) is 41.9 Å². The molecule has 3 amide bonds. The monoisotopic (exact) mass is 1320 g/mol. The number of allylic oxidation sites excluding steroid dienone is 4. The van der Waals surface area contributed by atoms with Crippen molar-refractivity contribution in [1.29, 1.82) is 0 Å². The molecule has 6 aliphatic rings. The van der Waals surface area contributed by atoms with Gasteiger partial charge in [-0.15, -0.1) is 5.10 Å². The van der Waals surface area contributed by atoms with Crippen LogP contribution in [-0.2, 0) is 60.3 Å². The number of carbonyl (C=O) groups is 5. The molecule has 96 heavy (non-hydrogen) atoms. The molecule has 516 valence electrons. The van der Waals surface area contributed by atoms with E-state index >= 15 is 8.78 Å². The van der Waals surface area contributed by atoms with Crippen LogP contribution in [0.2, 0.25) is 0 Å². The number of nitrogens with two attached hydrogens (primary N) is 1. The molecule has 8 N–H and O–H groups in total. The number of carbonyl (C=O) groups excluding carboxylic acids is 5. The molecule has 2 heterocycles. The van der Waals surface area contributed by atoms with Crippen LogP contribution in [-0.4, -0.2) is 124 Å².